The molecule has 3 rings (SSSR count). The van der Waals surface area contributed by atoms with Gasteiger partial charge in [-0.15, -0.1) is 0 Å². The third-order valence-corrected chi connectivity index (χ3v) is 5.00. The first-order valence-electron chi connectivity index (χ1n) is 9.39. The molecule has 1 heterocycles. The SMILES string of the molecule is CC(C)(Cc1ccccc1)C(=O)N(C=O)c1ccc(NC(=O)c2ccc[nH]2)cc1Cl. The van der Waals surface area contributed by atoms with E-state index < -0.39 is 5.41 Å². The molecule has 0 fully saturated rings. The first kappa shape index (κ1) is 21.3. The highest BCUT2D eigenvalue weighted by Crippen LogP contribution is 2.33. The standard InChI is InChI=1S/C23H22ClN3O3/c1-23(2,14-16-7-4-3-5-8-16)22(30)27(15-28)20-11-10-17(13-18(20)24)26-21(29)19-9-6-12-25-19/h3-13,15,25H,14H2,1-2H3,(H,26,29). The average molecular weight is 424 g/mol. The molecule has 30 heavy (non-hydrogen) atoms. The van der Waals surface area contributed by atoms with Crippen molar-refractivity contribution < 1.29 is 14.4 Å². The Morgan fingerprint density at radius 2 is 1.83 bits per heavy atom. The maximum atomic E-state index is 13.1. The molecule has 0 aliphatic carbocycles. The number of hydrogen-bond acceptors (Lipinski definition) is 3. The molecule has 0 unspecified atom stereocenters. The Balaban J connectivity index is 1.79. The van der Waals surface area contributed by atoms with Crippen molar-refractivity contribution in [2.75, 3.05) is 10.2 Å². The minimum absolute atomic E-state index is 0.176. The lowest BCUT2D eigenvalue weighted by Gasteiger charge is -2.29. The molecule has 0 radical (unpaired) electrons. The Morgan fingerprint density at radius 3 is 2.43 bits per heavy atom. The normalized spacial score (nSPS) is 11.0. The number of rotatable bonds is 7. The first-order valence-corrected chi connectivity index (χ1v) is 9.77. The van der Waals surface area contributed by atoms with E-state index in [-0.39, 0.29) is 22.5 Å². The highest BCUT2D eigenvalue weighted by molar-refractivity contribution is 6.35. The quantitative estimate of drug-likeness (QED) is 0.541. The van der Waals surface area contributed by atoms with Crippen LogP contribution in [0.25, 0.3) is 0 Å². The Bertz CT molecular complexity index is 1050. The predicted molar refractivity (Wildman–Crippen MR) is 118 cm³/mol. The number of anilines is 2. The van der Waals surface area contributed by atoms with E-state index in [1.165, 1.54) is 12.1 Å². The Kier molecular flexibility index (Phi) is 6.37. The molecule has 0 atom stereocenters. The van der Waals surface area contributed by atoms with Crippen LogP contribution in [0.4, 0.5) is 11.4 Å². The maximum Gasteiger partial charge on any atom is 0.272 e. The van der Waals surface area contributed by atoms with Crippen molar-refractivity contribution in [1.29, 1.82) is 0 Å². The number of carbonyl (C=O) groups excluding carboxylic acids is 3. The van der Waals surface area contributed by atoms with Gasteiger partial charge in [0.15, 0.2) is 0 Å². The minimum atomic E-state index is -0.827. The van der Waals surface area contributed by atoms with Crippen LogP contribution in [0.2, 0.25) is 5.02 Å². The van der Waals surface area contributed by atoms with Gasteiger partial charge in [-0.05, 0) is 42.3 Å². The average Bonchev–Trinajstić information content (AvgIpc) is 3.25. The van der Waals surface area contributed by atoms with Gasteiger partial charge in [-0.25, -0.2) is 0 Å². The van der Waals surface area contributed by atoms with Crippen LogP contribution in [0.5, 0.6) is 0 Å². The molecule has 1 aromatic heterocycles. The van der Waals surface area contributed by atoms with E-state index in [9.17, 15) is 14.4 Å². The number of halogens is 1. The predicted octanol–water partition coefficient (Wildman–Crippen LogP) is 4.68. The summed E-state index contributed by atoms with van der Waals surface area (Å²) < 4.78 is 0. The van der Waals surface area contributed by atoms with Crippen LogP contribution in [0.1, 0.15) is 29.9 Å². The van der Waals surface area contributed by atoms with Crippen LogP contribution in [-0.2, 0) is 16.0 Å². The number of benzene rings is 2. The number of aromatic amines is 1. The van der Waals surface area contributed by atoms with Crippen molar-refractivity contribution >= 4 is 41.2 Å². The van der Waals surface area contributed by atoms with Crippen molar-refractivity contribution in [2.24, 2.45) is 5.41 Å². The molecular weight excluding hydrogens is 402 g/mol. The van der Waals surface area contributed by atoms with Gasteiger partial charge in [0, 0.05) is 17.3 Å². The number of H-pyrrole nitrogens is 1. The molecule has 0 aliphatic heterocycles. The van der Waals surface area contributed by atoms with E-state index in [0.29, 0.717) is 24.2 Å². The number of nitrogens with zero attached hydrogens (tertiary/aromatic N) is 1. The zero-order valence-corrected chi connectivity index (χ0v) is 17.4. The first-order chi connectivity index (χ1) is 14.3. The Hall–Kier alpha value is -3.38. The van der Waals surface area contributed by atoms with E-state index in [1.807, 2.05) is 30.3 Å². The molecule has 0 spiro atoms. The number of carbonyl (C=O) groups is 3. The van der Waals surface area contributed by atoms with E-state index in [1.54, 1.807) is 38.2 Å². The zero-order chi connectivity index (χ0) is 21.7. The van der Waals surface area contributed by atoms with Crippen LogP contribution in [0, 0.1) is 5.41 Å². The van der Waals surface area contributed by atoms with Crippen molar-refractivity contribution in [3.63, 3.8) is 0 Å². The minimum Gasteiger partial charge on any atom is -0.357 e. The van der Waals surface area contributed by atoms with Crippen molar-refractivity contribution in [3.05, 3.63) is 83.1 Å². The third-order valence-electron chi connectivity index (χ3n) is 4.70. The van der Waals surface area contributed by atoms with E-state index >= 15 is 0 Å². The van der Waals surface area contributed by atoms with Gasteiger partial charge in [-0.2, -0.15) is 0 Å². The number of nitrogens with one attached hydrogen (secondary N) is 2. The van der Waals surface area contributed by atoms with Gasteiger partial charge < -0.3 is 10.3 Å². The summed E-state index contributed by atoms with van der Waals surface area (Å²) in [5.74, 6) is -0.692. The Labute approximate surface area is 179 Å². The summed E-state index contributed by atoms with van der Waals surface area (Å²) in [6, 6.07) is 17.6. The molecule has 6 nitrogen and oxygen atoms in total. The summed E-state index contributed by atoms with van der Waals surface area (Å²) in [6.07, 6.45) is 2.59. The van der Waals surface area contributed by atoms with E-state index in [4.69, 9.17) is 11.6 Å². The molecule has 2 aromatic carbocycles. The smallest absolute Gasteiger partial charge is 0.272 e. The van der Waals surface area contributed by atoms with Crippen molar-refractivity contribution in [3.8, 4) is 0 Å². The van der Waals surface area contributed by atoms with Gasteiger partial charge in [0.05, 0.1) is 10.7 Å². The molecule has 0 bridgehead atoms. The lowest BCUT2D eigenvalue weighted by atomic mass is 9.84. The van der Waals surface area contributed by atoms with Gasteiger partial charge in [0.1, 0.15) is 5.69 Å². The van der Waals surface area contributed by atoms with Crippen molar-refractivity contribution in [2.45, 2.75) is 20.3 Å². The van der Waals surface area contributed by atoms with E-state index in [0.717, 1.165) is 10.5 Å². The zero-order valence-electron chi connectivity index (χ0n) is 16.7. The summed E-state index contributed by atoms with van der Waals surface area (Å²) in [7, 11) is 0. The molecular formula is C23H22ClN3O3. The van der Waals surface area contributed by atoms with Crippen LogP contribution >= 0.6 is 11.6 Å². The second kappa shape index (κ2) is 8.97. The third kappa shape index (κ3) is 4.78. The van der Waals surface area contributed by atoms with Crippen LogP contribution in [0.3, 0.4) is 0 Å². The summed E-state index contributed by atoms with van der Waals surface area (Å²) >= 11 is 6.35. The lowest BCUT2D eigenvalue weighted by molar-refractivity contribution is -0.128. The van der Waals surface area contributed by atoms with Crippen molar-refractivity contribution in [1.82, 2.24) is 4.98 Å². The summed E-state index contributed by atoms with van der Waals surface area (Å²) in [5, 5.41) is 2.89. The molecule has 0 saturated carbocycles. The Morgan fingerprint density at radius 1 is 1.10 bits per heavy atom. The topological polar surface area (TPSA) is 82.3 Å². The molecule has 0 aliphatic rings. The van der Waals surface area contributed by atoms with Gasteiger partial charge >= 0.3 is 0 Å². The highest BCUT2D eigenvalue weighted by atomic mass is 35.5. The summed E-state index contributed by atoms with van der Waals surface area (Å²) in [4.78, 5) is 40.9. The van der Waals surface area contributed by atoms with Crippen LogP contribution < -0.4 is 10.2 Å². The summed E-state index contributed by atoms with van der Waals surface area (Å²) in [5.41, 5.74) is 1.28. The molecule has 7 heteroatoms. The highest BCUT2D eigenvalue weighted by Gasteiger charge is 2.34. The number of amides is 3. The number of hydrogen-bond donors (Lipinski definition) is 2. The number of aromatic nitrogens is 1. The largest absolute Gasteiger partial charge is 0.357 e. The maximum absolute atomic E-state index is 13.1. The van der Waals surface area contributed by atoms with Gasteiger partial charge in [0.2, 0.25) is 12.3 Å². The fourth-order valence-corrected chi connectivity index (χ4v) is 3.44. The second-order valence-electron chi connectivity index (χ2n) is 7.53. The fraction of sp³-hybridized carbons (Fsp3) is 0.174. The summed E-state index contributed by atoms with van der Waals surface area (Å²) in [6.45, 7) is 3.58. The fourth-order valence-electron chi connectivity index (χ4n) is 3.17. The molecule has 0 saturated heterocycles. The van der Waals surface area contributed by atoms with Crippen LogP contribution in [-0.4, -0.2) is 23.2 Å². The second-order valence-corrected chi connectivity index (χ2v) is 7.94. The molecule has 3 aromatic rings. The lowest BCUT2D eigenvalue weighted by Crippen LogP contribution is -2.41. The van der Waals surface area contributed by atoms with Gasteiger partial charge in [-0.3, -0.25) is 19.3 Å². The monoisotopic (exact) mass is 423 g/mol. The molecule has 2 N–H and O–H groups in total. The van der Waals surface area contributed by atoms with Gasteiger partial charge in [-0.1, -0.05) is 55.8 Å². The number of imide groups is 1. The van der Waals surface area contributed by atoms with Crippen LogP contribution in [0.15, 0.2) is 66.9 Å². The molecule has 3 amide bonds. The van der Waals surface area contributed by atoms with Gasteiger partial charge in [0.25, 0.3) is 5.91 Å². The van der Waals surface area contributed by atoms with E-state index in [2.05, 4.69) is 10.3 Å². The molecule has 154 valence electrons.